The molecule has 16 nitrogen and oxygen atoms in total. The Bertz CT molecular complexity index is 1500. The first-order chi connectivity index (χ1) is 18.0. The van der Waals surface area contributed by atoms with Gasteiger partial charge in [0.1, 0.15) is 28.6 Å². The molecule has 20 heteroatoms. The van der Waals surface area contributed by atoms with Crippen LogP contribution in [0.15, 0.2) is 31.4 Å². The van der Waals surface area contributed by atoms with E-state index in [1.54, 1.807) is 0 Å². The summed E-state index contributed by atoms with van der Waals surface area (Å²) in [5, 5.41) is 20.9. The Morgan fingerprint density at radius 2 is 2.13 bits per heavy atom. The lowest BCUT2D eigenvalue weighted by Gasteiger charge is -2.49. The van der Waals surface area contributed by atoms with Crippen molar-refractivity contribution in [3.8, 4) is 0 Å². The summed E-state index contributed by atoms with van der Waals surface area (Å²) in [5.74, 6) is -1.34. The predicted octanol–water partition coefficient (Wildman–Crippen LogP) is -0.390. The number of nitrogen functional groups attached to an aromatic ring is 1. The molecule has 2 aromatic heterocycles. The largest absolute Gasteiger partial charge is 0.512 e. The van der Waals surface area contributed by atoms with Gasteiger partial charge in [-0.25, -0.2) is 14.9 Å². The lowest BCUT2D eigenvalue weighted by atomic mass is 10.1. The van der Waals surface area contributed by atoms with E-state index < -0.39 is 40.5 Å². The first kappa shape index (κ1) is 27.5. The van der Waals surface area contributed by atoms with Crippen molar-refractivity contribution in [2.45, 2.75) is 16.6 Å². The second-order valence-electron chi connectivity index (χ2n) is 7.42. The summed E-state index contributed by atoms with van der Waals surface area (Å²) >= 11 is 9.29. The second kappa shape index (κ2) is 11.1. The summed E-state index contributed by atoms with van der Waals surface area (Å²) in [7, 11) is 2.58. The molecule has 4 heterocycles. The van der Waals surface area contributed by atoms with E-state index in [4.69, 9.17) is 26.9 Å². The molecule has 1 unspecified atom stereocenters. The molecule has 2 aromatic rings. The highest BCUT2D eigenvalue weighted by Gasteiger charge is 2.54. The van der Waals surface area contributed by atoms with Crippen LogP contribution in [0.5, 0.6) is 0 Å². The van der Waals surface area contributed by atoms with Crippen molar-refractivity contribution in [2.75, 3.05) is 24.3 Å². The summed E-state index contributed by atoms with van der Waals surface area (Å²) in [6.07, 6.45) is -1.65. The number of anilines is 1. The van der Waals surface area contributed by atoms with Crippen molar-refractivity contribution >= 4 is 75.3 Å². The quantitative estimate of drug-likeness (QED) is 0.0753. The van der Waals surface area contributed by atoms with Crippen LogP contribution in [-0.4, -0.2) is 83.5 Å². The number of ether oxygens (including phenoxy) is 1. The Labute approximate surface area is 229 Å². The lowest BCUT2D eigenvalue weighted by Crippen LogP contribution is -2.70. The summed E-state index contributed by atoms with van der Waals surface area (Å²) in [6, 6.07) is -1.05. The van der Waals surface area contributed by atoms with E-state index in [1.165, 1.54) is 25.9 Å². The molecular formula is C18H17ClN8O8S3. The number of oxime groups is 1. The Morgan fingerprint density at radius 3 is 2.76 bits per heavy atom. The van der Waals surface area contributed by atoms with Gasteiger partial charge in [-0.1, -0.05) is 39.9 Å². The molecule has 2 amide bonds. The Morgan fingerprint density at radius 1 is 1.39 bits per heavy atom. The summed E-state index contributed by atoms with van der Waals surface area (Å²) in [4.78, 5) is 70.4. The van der Waals surface area contributed by atoms with Crippen LogP contribution in [-0.2, 0) is 26.2 Å². The van der Waals surface area contributed by atoms with Crippen LogP contribution < -0.4 is 22.2 Å². The minimum absolute atomic E-state index is 0.0205. The van der Waals surface area contributed by atoms with Crippen molar-refractivity contribution in [1.29, 1.82) is 0 Å². The van der Waals surface area contributed by atoms with E-state index in [0.29, 0.717) is 5.57 Å². The minimum atomic E-state index is -1.65. The van der Waals surface area contributed by atoms with Crippen LogP contribution in [0.25, 0.3) is 0 Å². The zero-order valence-corrected chi connectivity index (χ0v) is 22.5. The number of fused-ring (bicyclic) bond motifs is 1. The van der Waals surface area contributed by atoms with Crippen molar-refractivity contribution in [3.05, 3.63) is 42.2 Å². The van der Waals surface area contributed by atoms with Crippen LogP contribution >= 0.6 is 46.5 Å². The fourth-order valence-electron chi connectivity index (χ4n) is 3.41. The van der Waals surface area contributed by atoms with Crippen LogP contribution in [0.4, 0.5) is 9.93 Å². The van der Waals surface area contributed by atoms with Gasteiger partial charge in [0, 0.05) is 24.1 Å². The number of carbonyl (C=O) groups is 3. The number of carbonyl (C=O) groups excluding carboxylic acids is 2. The summed E-state index contributed by atoms with van der Waals surface area (Å²) in [5.41, 5.74) is 4.04. The number of β-lactam (4-membered cyclic amide) rings is 1. The number of aromatic nitrogens is 4. The van der Waals surface area contributed by atoms with Crippen LogP contribution in [0, 0.1) is 0 Å². The molecule has 0 bridgehead atoms. The van der Waals surface area contributed by atoms with Gasteiger partial charge in [-0.05, 0) is 0 Å². The van der Waals surface area contributed by atoms with E-state index >= 15 is 0 Å². The minimum Gasteiger partial charge on any atom is -0.449 e. The smallest absolute Gasteiger partial charge is 0.449 e. The Balaban J connectivity index is 1.53. The number of hydrogen-bond acceptors (Lipinski definition) is 14. The number of thioether (sulfide) groups is 2. The van der Waals surface area contributed by atoms with Crippen LogP contribution in [0.2, 0.25) is 4.34 Å². The number of nitrogens with one attached hydrogen (secondary N) is 2. The number of thiazole rings is 1. The number of nitrogens with two attached hydrogens (primary N) is 1. The molecular weight excluding hydrogens is 588 g/mol. The fraction of sp³-hybridized carbons (Fsp3) is 0.333. The van der Waals surface area contributed by atoms with Crippen molar-refractivity contribution in [3.63, 3.8) is 0 Å². The number of aromatic amines is 1. The third-order valence-corrected chi connectivity index (χ3v) is 8.64. The molecule has 1 fully saturated rings. The average Bonchev–Trinajstić information content (AvgIpc) is 3.20. The van der Waals surface area contributed by atoms with Gasteiger partial charge in [-0.2, -0.15) is 0 Å². The van der Waals surface area contributed by atoms with Crippen LogP contribution in [0.1, 0.15) is 5.69 Å². The van der Waals surface area contributed by atoms with Gasteiger partial charge in [0.2, 0.25) is 5.88 Å². The van der Waals surface area contributed by atoms with Gasteiger partial charge in [-0.15, -0.1) is 16.9 Å². The molecule has 4 rings (SSSR count). The second-order valence-corrected chi connectivity index (χ2v) is 11.1. The van der Waals surface area contributed by atoms with Crippen molar-refractivity contribution in [1.82, 2.24) is 30.0 Å². The number of halogens is 1. The first-order valence-electron chi connectivity index (χ1n) is 10.2. The van der Waals surface area contributed by atoms with Gasteiger partial charge < -0.3 is 25.7 Å². The molecule has 1 saturated heterocycles. The van der Waals surface area contributed by atoms with Crippen molar-refractivity contribution in [2.24, 2.45) is 12.2 Å². The number of amides is 2. The van der Waals surface area contributed by atoms with E-state index in [9.17, 15) is 29.1 Å². The van der Waals surface area contributed by atoms with E-state index in [-0.39, 0.29) is 43.4 Å². The molecule has 0 aromatic carbocycles. The maximum absolute atomic E-state index is 13.0. The highest BCUT2D eigenvalue weighted by Crippen LogP contribution is 2.42. The molecule has 2 aliphatic rings. The highest BCUT2D eigenvalue weighted by molar-refractivity contribution is 8.01. The third kappa shape index (κ3) is 5.22. The number of carboxylic acid groups (broad SMARTS) is 1. The SMILES string of the molecule is CON=C(C(=O)NC1C(=O)N2C(OC(=O)O)=C(CSc3n[nH]c(=O)c(=O)n3C)CS[C@@H]12)c1nc(N)sc1Cl. The molecule has 38 heavy (non-hydrogen) atoms. The first-order valence-corrected chi connectivity index (χ1v) is 13.5. The average molecular weight is 605 g/mol. The number of H-pyrrole nitrogens is 1. The maximum atomic E-state index is 13.0. The van der Waals surface area contributed by atoms with Crippen LogP contribution in [0.3, 0.4) is 0 Å². The van der Waals surface area contributed by atoms with Gasteiger partial charge in [0.15, 0.2) is 16.0 Å². The maximum Gasteiger partial charge on any atom is 0.512 e. The Hall–Kier alpha value is -3.55. The van der Waals surface area contributed by atoms with Gasteiger partial charge >= 0.3 is 17.3 Å². The molecule has 0 aliphatic carbocycles. The van der Waals surface area contributed by atoms with Gasteiger partial charge in [0.05, 0.1) is 0 Å². The van der Waals surface area contributed by atoms with E-state index in [1.807, 2.05) is 0 Å². The summed E-state index contributed by atoms with van der Waals surface area (Å²) in [6.45, 7) is 0. The molecule has 202 valence electrons. The highest BCUT2D eigenvalue weighted by atomic mass is 35.5. The molecule has 0 spiro atoms. The molecule has 2 atom stereocenters. The molecule has 5 N–H and O–H groups in total. The van der Waals surface area contributed by atoms with Gasteiger partial charge in [0.25, 0.3) is 11.8 Å². The molecule has 0 saturated carbocycles. The van der Waals surface area contributed by atoms with Gasteiger partial charge in [-0.3, -0.25) is 28.6 Å². The van der Waals surface area contributed by atoms with E-state index in [0.717, 1.165) is 32.6 Å². The monoisotopic (exact) mass is 604 g/mol. The summed E-state index contributed by atoms with van der Waals surface area (Å²) < 4.78 is 6.07. The number of rotatable bonds is 8. The topological polar surface area (TPSA) is 224 Å². The fourth-order valence-corrected chi connectivity index (χ4v) is 6.70. The molecule has 0 radical (unpaired) electrons. The normalized spacial score (nSPS) is 19.1. The van der Waals surface area contributed by atoms with Crippen molar-refractivity contribution < 1.29 is 29.1 Å². The Kier molecular flexibility index (Phi) is 7.99. The number of nitrogens with zero attached hydrogens (tertiary/aromatic N) is 5. The zero-order chi connectivity index (χ0) is 27.7. The predicted molar refractivity (Wildman–Crippen MR) is 137 cm³/mol. The zero-order valence-electron chi connectivity index (χ0n) is 19.3. The third-order valence-electron chi connectivity index (χ3n) is 5.10. The number of hydrogen-bond donors (Lipinski definition) is 4. The lowest BCUT2D eigenvalue weighted by molar-refractivity contribution is -0.148. The standard InChI is InChI=1S/C18H17ClN8O8S3/c1-26-13(31)11(29)23-24-17(26)37-4-5-3-36-15-8(12(30)27(15)14(5)35-18(32)33)21-10(28)7(25-34-2)6-9(19)38-16(20)22-6/h8,15H,3-4H2,1-2H3,(H2,20,22)(H,21,28)(H,23,29)(H,32,33)/t8?,15-/m0/s1. The molecule has 2 aliphatic heterocycles. The van der Waals surface area contributed by atoms with E-state index in [2.05, 4.69) is 25.7 Å².